The molecule has 1 spiro atoms. The van der Waals surface area contributed by atoms with E-state index in [0.717, 1.165) is 16.8 Å². The van der Waals surface area contributed by atoms with E-state index in [2.05, 4.69) is 5.32 Å². The Morgan fingerprint density at radius 1 is 0.944 bits per heavy atom. The molecule has 2 fully saturated rings. The molecule has 3 aromatic carbocycles. The molecule has 3 aliphatic heterocycles. The fraction of sp³-hybridized carbons (Fsp3) is 0.207. The number of imide groups is 1. The number of nitrogens with one attached hydrogen (secondary N) is 1. The maximum Gasteiger partial charge on any atom is 0.253 e. The van der Waals surface area contributed by atoms with Crippen molar-refractivity contribution < 1.29 is 14.4 Å². The number of carbonyl (C=O) groups is 3. The number of amides is 3. The maximum atomic E-state index is 14.2. The van der Waals surface area contributed by atoms with Crippen LogP contribution >= 0.6 is 11.6 Å². The maximum absolute atomic E-state index is 14.2. The van der Waals surface area contributed by atoms with Crippen LogP contribution in [0.2, 0.25) is 5.02 Å². The van der Waals surface area contributed by atoms with E-state index in [9.17, 15) is 14.4 Å². The van der Waals surface area contributed by atoms with E-state index in [1.54, 1.807) is 29.2 Å². The van der Waals surface area contributed by atoms with E-state index < -0.39 is 17.4 Å². The van der Waals surface area contributed by atoms with E-state index in [4.69, 9.17) is 11.6 Å². The molecule has 3 aliphatic rings. The lowest BCUT2D eigenvalue weighted by atomic mass is 9.76. The standard InChI is InChI=1S/C29H24ClN3O3/c1-18-24-25(27(35)33(26(24)34)21-13-7-12-20(30)17-21)29(31-18)22-14-5-6-15-23(22)32(28(29)36)16-8-11-19-9-3-2-4-10-19/h2-15,17-18,24-25,31H,16H2,1H3. The number of carbonyl (C=O) groups excluding carboxylic acids is 3. The van der Waals surface area contributed by atoms with Crippen LogP contribution in [0.25, 0.3) is 6.08 Å². The first-order valence-corrected chi connectivity index (χ1v) is 12.4. The second kappa shape index (κ2) is 8.43. The largest absolute Gasteiger partial charge is 0.306 e. The minimum absolute atomic E-state index is 0.213. The van der Waals surface area contributed by atoms with Crippen LogP contribution in [-0.4, -0.2) is 30.3 Å². The molecule has 3 heterocycles. The molecule has 4 unspecified atom stereocenters. The van der Waals surface area contributed by atoms with Crippen LogP contribution in [-0.2, 0) is 19.9 Å². The first kappa shape index (κ1) is 22.7. The number of nitrogens with zero attached hydrogens (tertiary/aromatic N) is 2. The SMILES string of the molecule is CC1NC2(C(=O)N(CC=Cc3ccccc3)c3ccccc32)C2C(=O)N(c3cccc(Cl)c3)C(=O)C12. The summed E-state index contributed by atoms with van der Waals surface area (Å²) >= 11 is 6.16. The summed E-state index contributed by atoms with van der Waals surface area (Å²) in [5.74, 6) is -2.41. The summed E-state index contributed by atoms with van der Waals surface area (Å²) in [7, 11) is 0. The molecule has 180 valence electrons. The van der Waals surface area contributed by atoms with Gasteiger partial charge in [-0.15, -0.1) is 0 Å². The van der Waals surface area contributed by atoms with Gasteiger partial charge in [0.15, 0.2) is 0 Å². The van der Waals surface area contributed by atoms with Gasteiger partial charge in [0.1, 0.15) is 5.54 Å². The van der Waals surface area contributed by atoms with Gasteiger partial charge in [-0.1, -0.05) is 78.4 Å². The Balaban J connectivity index is 1.40. The number of hydrogen-bond donors (Lipinski definition) is 1. The molecule has 0 aromatic heterocycles. The van der Waals surface area contributed by atoms with E-state index in [1.165, 1.54) is 4.90 Å². The van der Waals surface area contributed by atoms with Crippen LogP contribution in [0.4, 0.5) is 11.4 Å². The topological polar surface area (TPSA) is 69.7 Å². The van der Waals surface area contributed by atoms with Crippen molar-refractivity contribution in [3.8, 4) is 0 Å². The monoisotopic (exact) mass is 497 g/mol. The van der Waals surface area contributed by atoms with Crippen molar-refractivity contribution in [3.63, 3.8) is 0 Å². The Kier molecular flexibility index (Phi) is 5.32. The molecule has 7 heteroatoms. The summed E-state index contributed by atoms with van der Waals surface area (Å²) in [5.41, 5.74) is 1.64. The van der Waals surface area contributed by atoms with Crippen molar-refractivity contribution in [1.82, 2.24) is 5.32 Å². The average Bonchev–Trinajstić information content (AvgIpc) is 3.43. The minimum Gasteiger partial charge on any atom is -0.306 e. The van der Waals surface area contributed by atoms with Gasteiger partial charge in [-0.05, 0) is 36.8 Å². The van der Waals surface area contributed by atoms with E-state index in [0.29, 0.717) is 17.3 Å². The zero-order valence-corrected chi connectivity index (χ0v) is 20.4. The molecule has 2 saturated heterocycles. The molecule has 0 saturated carbocycles. The van der Waals surface area contributed by atoms with Gasteiger partial charge in [0.05, 0.1) is 17.5 Å². The summed E-state index contributed by atoms with van der Waals surface area (Å²) in [5, 5.41) is 3.84. The van der Waals surface area contributed by atoms with Crippen molar-refractivity contribution >= 4 is 46.8 Å². The van der Waals surface area contributed by atoms with E-state index in [-0.39, 0.29) is 23.8 Å². The zero-order valence-electron chi connectivity index (χ0n) is 19.6. The van der Waals surface area contributed by atoms with Crippen molar-refractivity contribution in [2.45, 2.75) is 18.5 Å². The van der Waals surface area contributed by atoms with Gasteiger partial charge < -0.3 is 4.90 Å². The molecule has 6 rings (SSSR count). The number of halogens is 1. The molecule has 6 nitrogen and oxygen atoms in total. The lowest BCUT2D eigenvalue weighted by Gasteiger charge is -2.30. The highest BCUT2D eigenvalue weighted by Crippen LogP contribution is 2.55. The third-order valence-electron chi connectivity index (χ3n) is 7.48. The quantitative estimate of drug-likeness (QED) is 0.543. The van der Waals surface area contributed by atoms with Crippen LogP contribution in [0, 0.1) is 11.8 Å². The van der Waals surface area contributed by atoms with Gasteiger partial charge >= 0.3 is 0 Å². The van der Waals surface area contributed by atoms with Crippen LogP contribution in [0.15, 0.2) is 84.9 Å². The second-order valence-corrected chi connectivity index (χ2v) is 9.92. The molecule has 0 bridgehead atoms. The summed E-state index contributed by atoms with van der Waals surface area (Å²) in [6.07, 6.45) is 3.91. The molecular weight excluding hydrogens is 474 g/mol. The number of hydrogen-bond acceptors (Lipinski definition) is 4. The first-order valence-electron chi connectivity index (χ1n) is 12.0. The Morgan fingerprint density at radius 3 is 2.47 bits per heavy atom. The summed E-state index contributed by atoms with van der Waals surface area (Å²) in [6.45, 7) is 2.22. The Labute approximate surface area is 214 Å². The molecule has 0 radical (unpaired) electrons. The normalized spacial score (nSPS) is 26.9. The van der Waals surface area contributed by atoms with Crippen molar-refractivity contribution in [2.75, 3.05) is 16.3 Å². The molecule has 4 atom stereocenters. The molecule has 3 amide bonds. The first-order chi connectivity index (χ1) is 17.4. The van der Waals surface area contributed by atoms with Crippen LogP contribution < -0.4 is 15.1 Å². The van der Waals surface area contributed by atoms with E-state index >= 15 is 0 Å². The average molecular weight is 498 g/mol. The van der Waals surface area contributed by atoms with Crippen molar-refractivity contribution in [1.29, 1.82) is 0 Å². The number of para-hydroxylation sites is 1. The predicted octanol–water partition coefficient (Wildman–Crippen LogP) is 4.39. The fourth-order valence-electron chi connectivity index (χ4n) is 6.02. The smallest absolute Gasteiger partial charge is 0.253 e. The highest BCUT2D eigenvalue weighted by molar-refractivity contribution is 6.31. The molecule has 36 heavy (non-hydrogen) atoms. The lowest BCUT2D eigenvalue weighted by molar-refractivity contribution is -0.132. The summed E-state index contributed by atoms with van der Waals surface area (Å²) in [6, 6.07) is 23.7. The van der Waals surface area contributed by atoms with Gasteiger partial charge in [-0.3, -0.25) is 19.7 Å². The summed E-state index contributed by atoms with van der Waals surface area (Å²) < 4.78 is 0. The minimum atomic E-state index is -1.30. The second-order valence-electron chi connectivity index (χ2n) is 9.48. The van der Waals surface area contributed by atoms with Gasteiger partial charge in [0.25, 0.3) is 5.91 Å². The van der Waals surface area contributed by atoms with Crippen molar-refractivity contribution in [3.05, 3.63) is 101 Å². The molecule has 0 aliphatic carbocycles. The van der Waals surface area contributed by atoms with Gasteiger partial charge in [0.2, 0.25) is 11.8 Å². The third-order valence-corrected chi connectivity index (χ3v) is 7.71. The van der Waals surface area contributed by atoms with Crippen LogP contribution in [0.1, 0.15) is 18.1 Å². The zero-order chi connectivity index (χ0) is 25.0. The molecular formula is C29H24ClN3O3. The number of anilines is 2. The highest BCUT2D eigenvalue weighted by Gasteiger charge is 2.71. The Morgan fingerprint density at radius 2 is 1.69 bits per heavy atom. The van der Waals surface area contributed by atoms with Crippen molar-refractivity contribution in [2.24, 2.45) is 11.8 Å². The van der Waals surface area contributed by atoms with Gasteiger partial charge in [-0.2, -0.15) is 0 Å². The predicted molar refractivity (Wildman–Crippen MR) is 139 cm³/mol. The van der Waals surface area contributed by atoms with Crippen LogP contribution in [0.3, 0.4) is 0 Å². The third kappa shape index (κ3) is 3.18. The van der Waals surface area contributed by atoms with E-state index in [1.807, 2.05) is 73.7 Å². The lowest BCUT2D eigenvalue weighted by Crippen LogP contribution is -2.55. The number of benzene rings is 3. The Bertz CT molecular complexity index is 1420. The summed E-state index contributed by atoms with van der Waals surface area (Å²) in [4.78, 5) is 44.6. The Hall–Kier alpha value is -3.74. The molecule has 1 N–H and O–H groups in total. The number of rotatable bonds is 4. The fourth-order valence-corrected chi connectivity index (χ4v) is 6.20. The molecule has 3 aromatic rings. The number of fused-ring (bicyclic) bond motifs is 4. The van der Waals surface area contributed by atoms with Gasteiger partial charge in [0, 0.05) is 28.9 Å². The van der Waals surface area contributed by atoms with Gasteiger partial charge in [-0.25, -0.2) is 4.90 Å². The van der Waals surface area contributed by atoms with Crippen LogP contribution in [0.5, 0.6) is 0 Å². The highest BCUT2D eigenvalue weighted by atomic mass is 35.5.